The van der Waals surface area contributed by atoms with Crippen molar-refractivity contribution in [1.29, 1.82) is 0 Å². The van der Waals surface area contributed by atoms with E-state index < -0.39 is 42.3 Å². The van der Waals surface area contributed by atoms with Crippen molar-refractivity contribution in [1.82, 2.24) is 16.0 Å². The smallest absolute Gasteiger partial charge is 0.322 e. The van der Waals surface area contributed by atoms with Crippen LogP contribution in [0.3, 0.4) is 0 Å². The van der Waals surface area contributed by atoms with E-state index in [1.54, 1.807) is 0 Å². The quantitative estimate of drug-likeness (QED) is 0.215. The third-order valence-electron chi connectivity index (χ3n) is 4.07. The summed E-state index contributed by atoms with van der Waals surface area (Å²) in [6.45, 7) is -0.457. The third-order valence-corrected chi connectivity index (χ3v) is 4.07. The van der Waals surface area contributed by atoms with Crippen molar-refractivity contribution in [2.75, 3.05) is 19.6 Å². The van der Waals surface area contributed by atoms with E-state index in [0.29, 0.717) is 32.2 Å². The zero-order valence-corrected chi connectivity index (χ0v) is 16.2. The Labute approximate surface area is 169 Å². The number of nitrogens with two attached hydrogens (primary N) is 2. The zero-order chi connectivity index (χ0) is 21.6. The molecule has 0 aliphatic carbocycles. The molecule has 10 heteroatoms. The first-order valence-corrected chi connectivity index (χ1v) is 9.39. The lowest BCUT2D eigenvalue weighted by Crippen LogP contribution is -2.51. The van der Waals surface area contributed by atoms with Crippen LogP contribution in [-0.2, 0) is 25.6 Å². The molecule has 0 heterocycles. The van der Waals surface area contributed by atoms with Gasteiger partial charge in [0.25, 0.3) is 0 Å². The monoisotopic (exact) mass is 407 g/mol. The van der Waals surface area contributed by atoms with Crippen LogP contribution >= 0.6 is 0 Å². The fourth-order valence-corrected chi connectivity index (χ4v) is 2.55. The standard InChI is InChI=1S/C19H29N5O5/c20-9-5-4-8-15(19(29)23-12-17(26)27)24-16(25)11-22-18(28)14(21)10-13-6-2-1-3-7-13/h1-3,6-7,14-15H,4-5,8-12,20-21H2,(H,22,28)(H,23,29)(H,24,25)(H,26,27). The van der Waals surface area contributed by atoms with Gasteiger partial charge in [-0.05, 0) is 37.8 Å². The van der Waals surface area contributed by atoms with Gasteiger partial charge in [0.2, 0.25) is 17.7 Å². The fourth-order valence-electron chi connectivity index (χ4n) is 2.55. The van der Waals surface area contributed by atoms with Crippen molar-refractivity contribution in [2.45, 2.75) is 37.8 Å². The van der Waals surface area contributed by atoms with E-state index in [0.717, 1.165) is 5.56 Å². The largest absolute Gasteiger partial charge is 0.480 e. The van der Waals surface area contributed by atoms with Gasteiger partial charge in [0, 0.05) is 0 Å². The normalized spacial score (nSPS) is 12.5. The van der Waals surface area contributed by atoms with Crippen LogP contribution in [0.5, 0.6) is 0 Å². The predicted octanol–water partition coefficient (Wildman–Crippen LogP) is -1.51. The lowest BCUT2D eigenvalue weighted by atomic mass is 10.1. The average molecular weight is 407 g/mol. The van der Waals surface area contributed by atoms with E-state index in [-0.39, 0.29) is 6.54 Å². The number of carboxylic acids is 1. The number of aliphatic carboxylic acids is 1. The van der Waals surface area contributed by atoms with Gasteiger partial charge in [-0.2, -0.15) is 0 Å². The molecule has 0 saturated carbocycles. The molecule has 10 nitrogen and oxygen atoms in total. The van der Waals surface area contributed by atoms with Crippen molar-refractivity contribution in [3.05, 3.63) is 35.9 Å². The van der Waals surface area contributed by atoms with E-state index >= 15 is 0 Å². The van der Waals surface area contributed by atoms with Gasteiger partial charge in [0.1, 0.15) is 12.6 Å². The molecule has 2 unspecified atom stereocenters. The summed E-state index contributed by atoms with van der Waals surface area (Å²) >= 11 is 0. The van der Waals surface area contributed by atoms with Gasteiger partial charge in [0.05, 0.1) is 12.6 Å². The van der Waals surface area contributed by atoms with Crippen LogP contribution in [0.1, 0.15) is 24.8 Å². The number of benzene rings is 1. The molecule has 29 heavy (non-hydrogen) atoms. The number of unbranched alkanes of at least 4 members (excludes halogenated alkanes) is 1. The molecule has 1 aromatic carbocycles. The zero-order valence-electron chi connectivity index (χ0n) is 16.2. The number of hydrogen-bond donors (Lipinski definition) is 6. The second-order valence-electron chi connectivity index (χ2n) is 6.53. The van der Waals surface area contributed by atoms with Gasteiger partial charge >= 0.3 is 5.97 Å². The Hall–Kier alpha value is -2.98. The first-order chi connectivity index (χ1) is 13.8. The van der Waals surface area contributed by atoms with Gasteiger partial charge in [-0.1, -0.05) is 30.3 Å². The lowest BCUT2D eigenvalue weighted by molar-refractivity contribution is -0.138. The summed E-state index contributed by atoms with van der Waals surface area (Å²) in [5.41, 5.74) is 12.2. The molecule has 8 N–H and O–H groups in total. The predicted molar refractivity (Wildman–Crippen MR) is 107 cm³/mol. The maximum absolute atomic E-state index is 12.1. The Morgan fingerprint density at radius 2 is 1.62 bits per heavy atom. The number of carbonyl (C=O) groups excluding carboxylic acids is 3. The summed E-state index contributed by atoms with van der Waals surface area (Å²) in [5, 5.41) is 15.8. The molecule has 160 valence electrons. The number of rotatable bonds is 13. The topological polar surface area (TPSA) is 177 Å². The van der Waals surface area contributed by atoms with E-state index in [9.17, 15) is 19.2 Å². The average Bonchev–Trinajstić information content (AvgIpc) is 2.70. The Balaban J connectivity index is 2.49. The molecule has 3 amide bonds. The highest BCUT2D eigenvalue weighted by molar-refractivity contribution is 5.91. The molecule has 0 saturated heterocycles. The maximum atomic E-state index is 12.1. The first kappa shape index (κ1) is 24.1. The summed E-state index contributed by atoms with van der Waals surface area (Å²) in [7, 11) is 0. The molecule has 1 rings (SSSR count). The Kier molecular flexibility index (Phi) is 11.0. The first-order valence-electron chi connectivity index (χ1n) is 9.39. The Morgan fingerprint density at radius 3 is 2.24 bits per heavy atom. The third kappa shape index (κ3) is 10.2. The van der Waals surface area contributed by atoms with Gasteiger partial charge in [-0.3, -0.25) is 19.2 Å². The number of nitrogens with one attached hydrogen (secondary N) is 3. The van der Waals surface area contributed by atoms with Gasteiger partial charge in [0.15, 0.2) is 0 Å². The number of carbonyl (C=O) groups is 4. The van der Waals surface area contributed by atoms with Crippen LogP contribution in [0.2, 0.25) is 0 Å². The summed E-state index contributed by atoms with van der Waals surface area (Å²) < 4.78 is 0. The van der Waals surface area contributed by atoms with Gasteiger partial charge < -0.3 is 32.5 Å². The van der Waals surface area contributed by atoms with Crippen LogP contribution in [0, 0.1) is 0 Å². The number of hydrogen-bond acceptors (Lipinski definition) is 6. The van der Waals surface area contributed by atoms with Gasteiger partial charge in [-0.25, -0.2) is 0 Å². The molecule has 0 aromatic heterocycles. The van der Waals surface area contributed by atoms with E-state index in [4.69, 9.17) is 16.6 Å². The molecule has 0 bridgehead atoms. The number of carboxylic acid groups (broad SMARTS) is 1. The van der Waals surface area contributed by atoms with Crippen molar-refractivity contribution in [3.63, 3.8) is 0 Å². The van der Waals surface area contributed by atoms with Crippen LogP contribution in [0.25, 0.3) is 0 Å². The summed E-state index contributed by atoms with van der Waals surface area (Å²) in [5.74, 6) is -2.86. The summed E-state index contributed by atoms with van der Waals surface area (Å²) in [6.07, 6.45) is 1.86. The van der Waals surface area contributed by atoms with Crippen LogP contribution in [0.15, 0.2) is 30.3 Å². The number of amides is 3. The molecular formula is C19H29N5O5. The maximum Gasteiger partial charge on any atom is 0.322 e. The second-order valence-corrected chi connectivity index (χ2v) is 6.53. The molecule has 1 aromatic rings. The molecular weight excluding hydrogens is 378 g/mol. The van der Waals surface area contributed by atoms with Gasteiger partial charge in [-0.15, -0.1) is 0 Å². The minimum absolute atomic E-state index is 0.301. The molecule has 0 fully saturated rings. The Morgan fingerprint density at radius 1 is 0.966 bits per heavy atom. The fraction of sp³-hybridized carbons (Fsp3) is 0.474. The SMILES string of the molecule is NCCCCC(NC(=O)CNC(=O)C(N)Cc1ccccc1)C(=O)NCC(=O)O. The van der Waals surface area contributed by atoms with Crippen LogP contribution < -0.4 is 27.4 Å². The molecule has 2 atom stereocenters. The molecule has 0 radical (unpaired) electrons. The van der Waals surface area contributed by atoms with Crippen molar-refractivity contribution in [2.24, 2.45) is 11.5 Å². The van der Waals surface area contributed by atoms with Crippen molar-refractivity contribution in [3.8, 4) is 0 Å². The van der Waals surface area contributed by atoms with Crippen molar-refractivity contribution >= 4 is 23.7 Å². The second kappa shape index (κ2) is 13.2. The minimum Gasteiger partial charge on any atom is -0.480 e. The van der Waals surface area contributed by atoms with Crippen molar-refractivity contribution < 1.29 is 24.3 Å². The highest BCUT2D eigenvalue weighted by atomic mass is 16.4. The molecule has 0 spiro atoms. The van der Waals surface area contributed by atoms with E-state index in [1.807, 2.05) is 30.3 Å². The minimum atomic E-state index is -1.19. The summed E-state index contributed by atoms with van der Waals surface area (Å²) in [6, 6.07) is 7.51. The highest BCUT2D eigenvalue weighted by Crippen LogP contribution is 2.02. The molecule has 0 aliphatic heterocycles. The molecule has 0 aliphatic rings. The Bertz CT molecular complexity index is 683. The van der Waals surface area contributed by atoms with E-state index in [2.05, 4.69) is 16.0 Å². The summed E-state index contributed by atoms with van der Waals surface area (Å²) in [4.78, 5) is 46.9. The lowest BCUT2D eigenvalue weighted by Gasteiger charge is -2.18. The van der Waals surface area contributed by atoms with E-state index in [1.165, 1.54) is 0 Å². The van der Waals surface area contributed by atoms with Crippen LogP contribution in [0.4, 0.5) is 0 Å². The van der Waals surface area contributed by atoms with Crippen LogP contribution in [-0.4, -0.2) is 60.5 Å². The highest BCUT2D eigenvalue weighted by Gasteiger charge is 2.22.